The lowest BCUT2D eigenvalue weighted by atomic mass is 10.2. The number of rotatable bonds is 3. The molecule has 0 saturated heterocycles. The molecule has 0 spiro atoms. The molecule has 0 aliphatic rings. The SMILES string of the molecule is CNCc1coc(-c2cc(F)c(F)c(F)c2)n1. The van der Waals surface area contributed by atoms with Gasteiger partial charge in [0.25, 0.3) is 0 Å². The predicted octanol–water partition coefficient (Wildman–Crippen LogP) is 2.48. The molecule has 1 heterocycles. The van der Waals surface area contributed by atoms with Crippen LogP contribution in [0.5, 0.6) is 0 Å². The van der Waals surface area contributed by atoms with E-state index in [0.29, 0.717) is 12.2 Å². The Balaban J connectivity index is 2.39. The number of halogens is 3. The third-order valence-corrected chi connectivity index (χ3v) is 2.14. The minimum atomic E-state index is -1.50. The number of nitrogens with one attached hydrogen (secondary N) is 1. The van der Waals surface area contributed by atoms with Crippen molar-refractivity contribution in [1.29, 1.82) is 0 Å². The quantitative estimate of drug-likeness (QED) is 0.840. The van der Waals surface area contributed by atoms with Crippen LogP contribution in [0, 0.1) is 17.5 Å². The molecule has 90 valence electrons. The first-order valence-electron chi connectivity index (χ1n) is 4.85. The van der Waals surface area contributed by atoms with E-state index in [-0.39, 0.29) is 11.5 Å². The fourth-order valence-electron chi connectivity index (χ4n) is 1.38. The van der Waals surface area contributed by atoms with E-state index in [4.69, 9.17) is 4.42 Å². The summed E-state index contributed by atoms with van der Waals surface area (Å²) in [7, 11) is 1.73. The third-order valence-electron chi connectivity index (χ3n) is 2.14. The van der Waals surface area contributed by atoms with Crippen LogP contribution >= 0.6 is 0 Å². The van der Waals surface area contributed by atoms with Gasteiger partial charge in [0.1, 0.15) is 6.26 Å². The lowest BCUT2D eigenvalue weighted by Gasteiger charge is -1.98. The van der Waals surface area contributed by atoms with Crippen molar-refractivity contribution in [3.05, 3.63) is 41.5 Å². The van der Waals surface area contributed by atoms with E-state index < -0.39 is 17.5 Å². The first kappa shape index (κ1) is 11.7. The van der Waals surface area contributed by atoms with Crippen molar-refractivity contribution in [2.45, 2.75) is 6.54 Å². The van der Waals surface area contributed by atoms with Gasteiger partial charge in [-0.05, 0) is 19.2 Å². The topological polar surface area (TPSA) is 38.1 Å². The van der Waals surface area contributed by atoms with Gasteiger partial charge in [0.15, 0.2) is 17.5 Å². The molecule has 1 aromatic heterocycles. The Morgan fingerprint density at radius 3 is 2.47 bits per heavy atom. The summed E-state index contributed by atoms with van der Waals surface area (Å²) in [5.41, 5.74) is 0.649. The molecule has 0 aliphatic heterocycles. The monoisotopic (exact) mass is 242 g/mol. The van der Waals surface area contributed by atoms with Crippen molar-refractivity contribution >= 4 is 0 Å². The van der Waals surface area contributed by atoms with Gasteiger partial charge in [-0.3, -0.25) is 0 Å². The third kappa shape index (κ3) is 2.31. The Bertz CT molecular complexity index is 516. The minimum Gasteiger partial charge on any atom is -0.444 e. The molecule has 17 heavy (non-hydrogen) atoms. The highest BCUT2D eigenvalue weighted by atomic mass is 19.2. The van der Waals surface area contributed by atoms with E-state index in [2.05, 4.69) is 10.3 Å². The zero-order valence-corrected chi connectivity index (χ0v) is 8.93. The maximum Gasteiger partial charge on any atom is 0.226 e. The van der Waals surface area contributed by atoms with Gasteiger partial charge in [0.2, 0.25) is 5.89 Å². The smallest absolute Gasteiger partial charge is 0.226 e. The van der Waals surface area contributed by atoms with Gasteiger partial charge in [-0.2, -0.15) is 0 Å². The fraction of sp³-hybridized carbons (Fsp3) is 0.182. The predicted molar refractivity (Wildman–Crippen MR) is 54.6 cm³/mol. The molecule has 0 amide bonds. The van der Waals surface area contributed by atoms with Gasteiger partial charge in [0, 0.05) is 12.1 Å². The summed E-state index contributed by atoms with van der Waals surface area (Å²) in [4.78, 5) is 4.00. The largest absolute Gasteiger partial charge is 0.444 e. The van der Waals surface area contributed by atoms with Crippen molar-refractivity contribution in [3.8, 4) is 11.5 Å². The van der Waals surface area contributed by atoms with E-state index in [1.54, 1.807) is 7.05 Å². The van der Waals surface area contributed by atoms with Gasteiger partial charge in [0.05, 0.1) is 5.69 Å². The Hall–Kier alpha value is -1.82. The van der Waals surface area contributed by atoms with Crippen LogP contribution in [-0.4, -0.2) is 12.0 Å². The Labute approximate surface area is 95.3 Å². The maximum atomic E-state index is 13.0. The molecule has 6 heteroatoms. The standard InChI is InChI=1S/C11H9F3N2O/c1-15-4-7-5-17-11(16-7)6-2-8(12)10(14)9(13)3-6/h2-3,5,15H,4H2,1H3. The van der Waals surface area contributed by atoms with Crippen LogP contribution in [0.25, 0.3) is 11.5 Å². The van der Waals surface area contributed by atoms with Crippen molar-refractivity contribution < 1.29 is 17.6 Å². The lowest BCUT2D eigenvalue weighted by molar-refractivity contribution is 0.446. The average Bonchev–Trinajstić information content (AvgIpc) is 2.74. The highest BCUT2D eigenvalue weighted by Crippen LogP contribution is 2.23. The van der Waals surface area contributed by atoms with E-state index in [9.17, 15) is 13.2 Å². The van der Waals surface area contributed by atoms with Crippen molar-refractivity contribution in [2.75, 3.05) is 7.05 Å². The molecule has 0 aliphatic carbocycles. The fourth-order valence-corrected chi connectivity index (χ4v) is 1.38. The molecule has 2 rings (SSSR count). The molecule has 0 atom stereocenters. The molecule has 2 aromatic rings. The number of benzene rings is 1. The summed E-state index contributed by atoms with van der Waals surface area (Å²) < 4.78 is 43.8. The zero-order chi connectivity index (χ0) is 12.4. The van der Waals surface area contributed by atoms with Crippen LogP contribution in [0.3, 0.4) is 0 Å². The molecule has 0 saturated carbocycles. The van der Waals surface area contributed by atoms with Crippen molar-refractivity contribution in [2.24, 2.45) is 0 Å². The normalized spacial score (nSPS) is 10.8. The maximum absolute atomic E-state index is 13.0. The zero-order valence-electron chi connectivity index (χ0n) is 8.93. The molecule has 1 N–H and O–H groups in total. The molecule has 0 bridgehead atoms. The van der Waals surface area contributed by atoms with Gasteiger partial charge in [-0.25, -0.2) is 18.2 Å². The average molecular weight is 242 g/mol. The van der Waals surface area contributed by atoms with Gasteiger partial charge in [-0.15, -0.1) is 0 Å². The minimum absolute atomic E-state index is 0.0491. The summed E-state index contributed by atoms with van der Waals surface area (Å²) in [6.07, 6.45) is 1.37. The Kier molecular flexibility index (Phi) is 3.14. The Morgan fingerprint density at radius 2 is 1.88 bits per heavy atom. The summed E-state index contributed by atoms with van der Waals surface area (Å²) >= 11 is 0. The second-order valence-electron chi connectivity index (χ2n) is 3.43. The molecule has 0 radical (unpaired) electrons. The van der Waals surface area contributed by atoms with Crippen LogP contribution < -0.4 is 5.32 Å². The molecular formula is C11H9F3N2O. The highest BCUT2D eigenvalue weighted by Gasteiger charge is 2.14. The van der Waals surface area contributed by atoms with E-state index in [1.807, 2.05) is 0 Å². The van der Waals surface area contributed by atoms with E-state index in [1.165, 1.54) is 6.26 Å². The van der Waals surface area contributed by atoms with Gasteiger partial charge in [-0.1, -0.05) is 0 Å². The summed E-state index contributed by atoms with van der Waals surface area (Å²) in [6.45, 7) is 0.468. The molecular weight excluding hydrogens is 233 g/mol. The highest BCUT2D eigenvalue weighted by molar-refractivity contribution is 5.53. The van der Waals surface area contributed by atoms with Gasteiger partial charge < -0.3 is 9.73 Å². The van der Waals surface area contributed by atoms with Crippen LogP contribution in [-0.2, 0) is 6.54 Å². The van der Waals surface area contributed by atoms with Crippen molar-refractivity contribution in [1.82, 2.24) is 10.3 Å². The number of hydrogen-bond donors (Lipinski definition) is 1. The Morgan fingerprint density at radius 1 is 1.24 bits per heavy atom. The van der Waals surface area contributed by atoms with Gasteiger partial charge >= 0.3 is 0 Å². The van der Waals surface area contributed by atoms with Crippen LogP contribution in [0.1, 0.15) is 5.69 Å². The summed E-state index contributed by atoms with van der Waals surface area (Å²) in [5, 5.41) is 2.85. The molecule has 1 aromatic carbocycles. The number of hydrogen-bond acceptors (Lipinski definition) is 3. The molecule has 0 unspecified atom stereocenters. The summed E-state index contributed by atoms with van der Waals surface area (Å²) in [6, 6.07) is 1.68. The summed E-state index contributed by atoms with van der Waals surface area (Å²) in [5.74, 6) is -3.99. The van der Waals surface area contributed by atoms with Crippen LogP contribution in [0.2, 0.25) is 0 Å². The first-order valence-corrected chi connectivity index (χ1v) is 4.85. The van der Waals surface area contributed by atoms with Crippen LogP contribution in [0.4, 0.5) is 13.2 Å². The van der Waals surface area contributed by atoms with E-state index >= 15 is 0 Å². The number of aromatic nitrogens is 1. The molecule has 3 nitrogen and oxygen atoms in total. The molecule has 0 fully saturated rings. The number of nitrogens with zero attached hydrogens (tertiary/aromatic N) is 1. The number of oxazole rings is 1. The second kappa shape index (κ2) is 4.58. The van der Waals surface area contributed by atoms with E-state index in [0.717, 1.165) is 12.1 Å². The van der Waals surface area contributed by atoms with Crippen molar-refractivity contribution in [3.63, 3.8) is 0 Å². The van der Waals surface area contributed by atoms with Crippen LogP contribution in [0.15, 0.2) is 22.8 Å². The first-order chi connectivity index (χ1) is 8.11. The second-order valence-corrected chi connectivity index (χ2v) is 3.43. The lowest BCUT2D eigenvalue weighted by Crippen LogP contribution is -2.04.